The van der Waals surface area contributed by atoms with Crippen molar-refractivity contribution < 1.29 is 22.3 Å². The molecule has 0 heterocycles. The quantitative estimate of drug-likeness (QED) is 0.736. The third-order valence-electron chi connectivity index (χ3n) is 4.19. The van der Waals surface area contributed by atoms with Crippen LogP contribution in [-0.4, -0.2) is 40.0 Å². The molecule has 0 aliphatic carbocycles. The number of nitrogens with zero attached hydrogens (tertiary/aromatic N) is 1. The minimum absolute atomic E-state index is 0.0266. The Balaban J connectivity index is 2.04. The number of hydrogen-bond donors (Lipinski definition) is 2. The number of carbonyl (C=O) groups excluding carboxylic acids is 1. The van der Waals surface area contributed by atoms with Crippen molar-refractivity contribution in [1.29, 1.82) is 0 Å². The predicted molar refractivity (Wildman–Crippen MR) is 104 cm³/mol. The van der Waals surface area contributed by atoms with Crippen molar-refractivity contribution >= 4 is 16.1 Å². The number of amides is 2. The number of sulfonamides is 1. The van der Waals surface area contributed by atoms with Crippen molar-refractivity contribution in [2.45, 2.75) is 24.4 Å². The van der Waals surface area contributed by atoms with E-state index < -0.39 is 27.9 Å². The highest BCUT2D eigenvalue weighted by Gasteiger charge is 2.21. The van der Waals surface area contributed by atoms with Gasteiger partial charge in [-0.2, -0.15) is 0 Å². The number of ether oxygens (including phenoxy) is 1. The summed E-state index contributed by atoms with van der Waals surface area (Å²) in [6, 6.07) is 9.94. The molecule has 1 unspecified atom stereocenters. The maximum Gasteiger partial charge on any atom is 0.315 e. The summed E-state index contributed by atoms with van der Waals surface area (Å²) in [6.07, 6.45) is 0. The van der Waals surface area contributed by atoms with Crippen LogP contribution >= 0.6 is 0 Å². The molecular formula is C19H24FN3O4S. The van der Waals surface area contributed by atoms with Gasteiger partial charge < -0.3 is 15.4 Å². The van der Waals surface area contributed by atoms with E-state index >= 15 is 0 Å². The second kappa shape index (κ2) is 9.03. The fourth-order valence-corrected chi connectivity index (χ4v) is 3.67. The second-order valence-corrected chi connectivity index (χ2v) is 8.46. The molecule has 7 nitrogen and oxygen atoms in total. The van der Waals surface area contributed by atoms with Gasteiger partial charge in [-0.05, 0) is 36.2 Å². The van der Waals surface area contributed by atoms with E-state index in [-0.39, 0.29) is 17.2 Å². The Hall–Kier alpha value is -2.65. The maximum atomic E-state index is 13.8. The molecule has 28 heavy (non-hydrogen) atoms. The smallest absolute Gasteiger partial charge is 0.315 e. The van der Waals surface area contributed by atoms with E-state index in [0.717, 1.165) is 4.31 Å². The Labute approximate surface area is 164 Å². The van der Waals surface area contributed by atoms with E-state index in [1.807, 2.05) is 0 Å². The lowest BCUT2D eigenvalue weighted by Gasteiger charge is -2.18. The number of methoxy groups -OCH3 is 1. The van der Waals surface area contributed by atoms with Crippen LogP contribution in [0.25, 0.3) is 0 Å². The van der Waals surface area contributed by atoms with Crippen molar-refractivity contribution in [2.24, 2.45) is 0 Å². The molecule has 2 rings (SSSR count). The molecule has 0 aromatic heterocycles. The van der Waals surface area contributed by atoms with E-state index in [2.05, 4.69) is 10.6 Å². The number of halogens is 1. The van der Waals surface area contributed by atoms with Crippen molar-refractivity contribution in [1.82, 2.24) is 14.9 Å². The summed E-state index contributed by atoms with van der Waals surface area (Å²) < 4.78 is 44.6. The summed E-state index contributed by atoms with van der Waals surface area (Å²) >= 11 is 0. The number of nitrogens with one attached hydrogen (secondary N) is 2. The zero-order valence-corrected chi connectivity index (χ0v) is 17.0. The molecule has 0 aliphatic heterocycles. The number of rotatable bonds is 7. The molecule has 0 saturated heterocycles. The highest BCUT2D eigenvalue weighted by atomic mass is 32.2. The van der Waals surface area contributed by atoms with Gasteiger partial charge in [-0.25, -0.2) is 21.9 Å². The van der Waals surface area contributed by atoms with Crippen LogP contribution < -0.4 is 15.4 Å². The van der Waals surface area contributed by atoms with Crippen LogP contribution in [0.1, 0.15) is 24.1 Å². The highest BCUT2D eigenvalue weighted by molar-refractivity contribution is 7.89. The van der Waals surface area contributed by atoms with E-state index in [0.29, 0.717) is 11.1 Å². The van der Waals surface area contributed by atoms with Crippen molar-refractivity contribution in [2.75, 3.05) is 21.2 Å². The minimum atomic E-state index is -3.62. The molecule has 2 amide bonds. The van der Waals surface area contributed by atoms with Gasteiger partial charge in [0.2, 0.25) is 10.0 Å². The lowest BCUT2D eigenvalue weighted by molar-refractivity contribution is 0.237. The van der Waals surface area contributed by atoms with Gasteiger partial charge in [0.1, 0.15) is 0 Å². The van der Waals surface area contributed by atoms with E-state index in [1.165, 1.54) is 39.4 Å². The van der Waals surface area contributed by atoms with Crippen LogP contribution in [0.3, 0.4) is 0 Å². The molecule has 0 radical (unpaired) electrons. The normalized spacial score (nSPS) is 12.5. The maximum absolute atomic E-state index is 13.8. The van der Waals surface area contributed by atoms with Gasteiger partial charge >= 0.3 is 6.03 Å². The molecule has 2 aromatic rings. The average molecular weight is 409 g/mol. The summed E-state index contributed by atoms with van der Waals surface area (Å²) in [6.45, 7) is 1.74. The van der Waals surface area contributed by atoms with Crippen molar-refractivity contribution in [3.05, 3.63) is 59.4 Å². The predicted octanol–water partition coefficient (Wildman–Crippen LogP) is 2.65. The number of hydrogen-bond acceptors (Lipinski definition) is 4. The van der Waals surface area contributed by atoms with Gasteiger partial charge in [0, 0.05) is 20.6 Å². The molecule has 0 aliphatic rings. The monoisotopic (exact) mass is 409 g/mol. The van der Waals surface area contributed by atoms with Gasteiger partial charge in [0.05, 0.1) is 18.0 Å². The number of carbonyl (C=O) groups is 1. The standard InChI is InChI=1S/C19H24FN3O4S/c1-13(14-9-10-17(27-4)16(20)11-14)22-19(24)21-12-15-7-5-6-8-18(15)28(25,26)23(2)3/h5-11,13H,12H2,1-4H3,(H2,21,22,24). The molecule has 0 saturated carbocycles. The Morgan fingerprint density at radius 3 is 2.50 bits per heavy atom. The van der Waals surface area contributed by atoms with Crippen LogP contribution in [0, 0.1) is 5.82 Å². The first kappa shape index (κ1) is 21.6. The summed E-state index contributed by atoms with van der Waals surface area (Å²) in [7, 11) is 0.644. The molecule has 1 atom stereocenters. The summed E-state index contributed by atoms with van der Waals surface area (Å²) in [5, 5.41) is 5.33. The average Bonchev–Trinajstić information content (AvgIpc) is 2.66. The molecule has 2 aromatic carbocycles. The zero-order chi connectivity index (χ0) is 20.9. The minimum Gasteiger partial charge on any atom is -0.494 e. The Morgan fingerprint density at radius 2 is 1.89 bits per heavy atom. The van der Waals surface area contributed by atoms with Crippen LogP contribution in [0.5, 0.6) is 5.75 Å². The van der Waals surface area contributed by atoms with E-state index in [4.69, 9.17) is 4.74 Å². The summed E-state index contributed by atoms with van der Waals surface area (Å²) in [5.74, 6) is -0.393. The van der Waals surface area contributed by atoms with Crippen LogP contribution in [-0.2, 0) is 16.6 Å². The topological polar surface area (TPSA) is 87.7 Å². The molecule has 9 heteroatoms. The van der Waals surface area contributed by atoms with Gasteiger partial charge in [-0.1, -0.05) is 24.3 Å². The van der Waals surface area contributed by atoms with E-state index in [1.54, 1.807) is 31.2 Å². The highest BCUT2D eigenvalue weighted by Crippen LogP contribution is 2.22. The Morgan fingerprint density at radius 1 is 1.21 bits per heavy atom. The number of benzene rings is 2. The third kappa shape index (κ3) is 4.99. The first-order chi connectivity index (χ1) is 13.2. The summed E-state index contributed by atoms with van der Waals surface area (Å²) in [5.41, 5.74) is 1.04. The third-order valence-corrected chi connectivity index (χ3v) is 6.11. The lowest BCUT2D eigenvalue weighted by Crippen LogP contribution is -2.37. The molecule has 0 fully saturated rings. The second-order valence-electron chi connectivity index (χ2n) is 6.34. The fourth-order valence-electron chi connectivity index (χ4n) is 2.56. The van der Waals surface area contributed by atoms with Gasteiger partial charge in [0.15, 0.2) is 11.6 Å². The molecule has 152 valence electrons. The van der Waals surface area contributed by atoms with Gasteiger partial charge in [0.25, 0.3) is 0 Å². The lowest BCUT2D eigenvalue weighted by atomic mass is 10.1. The zero-order valence-electron chi connectivity index (χ0n) is 16.2. The van der Waals surface area contributed by atoms with Gasteiger partial charge in [-0.15, -0.1) is 0 Å². The molecule has 0 spiro atoms. The molecule has 0 bridgehead atoms. The SMILES string of the molecule is COc1ccc(C(C)NC(=O)NCc2ccccc2S(=O)(=O)N(C)C)cc1F. The Bertz CT molecular complexity index is 948. The van der Waals surface area contributed by atoms with E-state index in [9.17, 15) is 17.6 Å². The van der Waals surface area contributed by atoms with Gasteiger partial charge in [-0.3, -0.25) is 0 Å². The Kier molecular flexibility index (Phi) is 6.98. The first-order valence-electron chi connectivity index (χ1n) is 8.55. The van der Waals surface area contributed by atoms with Crippen molar-refractivity contribution in [3.63, 3.8) is 0 Å². The first-order valence-corrected chi connectivity index (χ1v) is 9.99. The van der Waals surface area contributed by atoms with Crippen LogP contribution in [0.15, 0.2) is 47.4 Å². The largest absolute Gasteiger partial charge is 0.494 e. The van der Waals surface area contributed by atoms with Crippen molar-refractivity contribution in [3.8, 4) is 5.75 Å². The van der Waals surface area contributed by atoms with Crippen LogP contribution in [0.4, 0.5) is 9.18 Å². The summed E-state index contributed by atoms with van der Waals surface area (Å²) in [4.78, 5) is 12.3. The van der Waals surface area contributed by atoms with Crippen LogP contribution in [0.2, 0.25) is 0 Å². The molecular weight excluding hydrogens is 385 g/mol. The number of urea groups is 1. The molecule has 2 N–H and O–H groups in total. The fraction of sp³-hybridized carbons (Fsp3) is 0.316.